The number of carbonyl (C=O) groups excluding carboxylic acids is 1. The minimum Gasteiger partial charge on any atom is -0.371 e. The fourth-order valence-electron chi connectivity index (χ4n) is 5.37. The molecule has 1 aromatic heterocycles. The van der Waals surface area contributed by atoms with Gasteiger partial charge >= 0.3 is 0 Å². The van der Waals surface area contributed by atoms with E-state index in [1.165, 1.54) is 24.1 Å². The predicted octanol–water partition coefficient (Wildman–Crippen LogP) is 5.54. The number of amides is 1. The van der Waals surface area contributed by atoms with Crippen LogP contribution in [0.1, 0.15) is 55.5 Å². The quantitative estimate of drug-likeness (QED) is 0.485. The number of anilines is 1. The molecule has 6 nitrogen and oxygen atoms in total. The van der Waals surface area contributed by atoms with Crippen molar-refractivity contribution < 1.29 is 9.32 Å². The van der Waals surface area contributed by atoms with Crippen LogP contribution in [0.3, 0.4) is 0 Å². The van der Waals surface area contributed by atoms with Gasteiger partial charge in [0, 0.05) is 30.4 Å². The molecule has 0 N–H and O–H groups in total. The Morgan fingerprint density at radius 3 is 2.59 bits per heavy atom. The molecule has 1 aliphatic heterocycles. The number of nitrogens with zero attached hydrogens (tertiary/aromatic N) is 4. The van der Waals surface area contributed by atoms with Crippen LogP contribution < -0.4 is 4.90 Å². The Balaban J connectivity index is 1.33. The average Bonchev–Trinajstić information content (AvgIpc) is 3.55. The van der Waals surface area contributed by atoms with Gasteiger partial charge in [-0.25, -0.2) is 0 Å². The Bertz CT molecular complexity index is 1120. The maximum Gasteiger partial charge on any atom is 0.246 e. The predicted molar refractivity (Wildman–Crippen MR) is 133 cm³/mol. The molecule has 1 atom stereocenters. The van der Waals surface area contributed by atoms with Crippen LogP contribution in [0, 0.1) is 19.8 Å². The van der Waals surface area contributed by atoms with Gasteiger partial charge in [-0.3, -0.25) is 4.79 Å². The van der Waals surface area contributed by atoms with Crippen molar-refractivity contribution in [2.24, 2.45) is 5.92 Å². The number of carbonyl (C=O) groups is 1. The van der Waals surface area contributed by atoms with Crippen LogP contribution in [0.25, 0.3) is 11.4 Å². The first kappa shape index (κ1) is 22.6. The number of benzene rings is 2. The van der Waals surface area contributed by atoms with Crippen LogP contribution in [0.15, 0.2) is 53.1 Å². The zero-order chi connectivity index (χ0) is 23.5. The number of rotatable bonds is 6. The highest BCUT2D eigenvalue weighted by Crippen LogP contribution is 2.30. The first-order valence-corrected chi connectivity index (χ1v) is 12.6. The highest BCUT2D eigenvalue weighted by Gasteiger charge is 2.35. The molecule has 1 saturated heterocycles. The average molecular weight is 459 g/mol. The minimum absolute atomic E-state index is 0.00480. The van der Waals surface area contributed by atoms with E-state index in [0.29, 0.717) is 18.3 Å². The summed E-state index contributed by atoms with van der Waals surface area (Å²) in [5, 5.41) is 4.21. The molecule has 2 aromatic carbocycles. The Labute approximate surface area is 202 Å². The molecular weight excluding hydrogens is 424 g/mol. The molecule has 0 radical (unpaired) electrons. The van der Waals surface area contributed by atoms with Crippen LogP contribution in [-0.4, -0.2) is 40.1 Å². The summed E-state index contributed by atoms with van der Waals surface area (Å²) in [4.78, 5) is 22.9. The molecule has 5 rings (SSSR count). The normalized spacial score (nSPS) is 18.9. The summed E-state index contributed by atoms with van der Waals surface area (Å²) in [5.74, 6) is 1.33. The summed E-state index contributed by atoms with van der Waals surface area (Å²) in [6.07, 6.45) is 6.42. The molecule has 3 aromatic rings. The van der Waals surface area contributed by atoms with Crippen LogP contribution in [0.5, 0.6) is 0 Å². The minimum atomic E-state index is -0.00480. The second-order valence-electron chi connectivity index (χ2n) is 9.91. The molecule has 1 aliphatic carbocycles. The van der Waals surface area contributed by atoms with Crippen molar-refractivity contribution in [1.29, 1.82) is 0 Å². The van der Waals surface area contributed by atoms with Crippen molar-refractivity contribution in [3.63, 3.8) is 0 Å². The van der Waals surface area contributed by atoms with E-state index in [1.807, 2.05) is 17.0 Å². The molecule has 2 aliphatic rings. The molecular formula is C28H34N4O2. The van der Waals surface area contributed by atoms with E-state index in [2.05, 4.69) is 65.3 Å². The third-order valence-electron chi connectivity index (χ3n) is 7.27. The Kier molecular flexibility index (Phi) is 6.66. The first-order valence-electron chi connectivity index (χ1n) is 12.6. The lowest BCUT2D eigenvalue weighted by atomic mass is 9.95. The van der Waals surface area contributed by atoms with Crippen molar-refractivity contribution in [2.45, 2.75) is 65.0 Å². The highest BCUT2D eigenvalue weighted by molar-refractivity contribution is 5.80. The summed E-state index contributed by atoms with van der Waals surface area (Å²) >= 11 is 0. The van der Waals surface area contributed by atoms with Crippen molar-refractivity contribution in [3.8, 4) is 11.4 Å². The van der Waals surface area contributed by atoms with Crippen molar-refractivity contribution in [1.82, 2.24) is 15.0 Å². The Morgan fingerprint density at radius 2 is 1.82 bits per heavy atom. The van der Waals surface area contributed by atoms with Gasteiger partial charge in [-0.15, -0.1) is 0 Å². The van der Waals surface area contributed by atoms with Crippen molar-refractivity contribution in [2.75, 3.05) is 18.0 Å². The molecule has 0 unspecified atom stereocenters. The van der Waals surface area contributed by atoms with E-state index >= 15 is 0 Å². The van der Waals surface area contributed by atoms with E-state index in [-0.39, 0.29) is 17.9 Å². The molecule has 1 saturated carbocycles. The lowest BCUT2D eigenvalue weighted by Crippen LogP contribution is -2.47. The third-order valence-corrected chi connectivity index (χ3v) is 7.27. The zero-order valence-corrected chi connectivity index (χ0v) is 20.2. The zero-order valence-electron chi connectivity index (χ0n) is 20.2. The summed E-state index contributed by atoms with van der Waals surface area (Å²) < 4.78 is 5.62. The summed E-state index contributed by atoms with van der Waals surface area (Å²) in [6.45, 7) is 6.31. The molecule has 2 heterocycles. The van der Waals surface area contributed by atoms with E-state index in [4.69, 9.17) is 4.52 Å². The summed E-state index contributed by atoms with van der Waals surface area (Å²) in [6, 6.07) is 17.0. The lowest BCUT2D eigenvalue weighted by Gasteiger charge is -2.37. The van der Waals surface area contributed by atoms with Crippen molar-refractivity contribution >= 4 is 11.6 Å². The smallest absolute Gasteiger partial charge is 0.246 e. The van der Waals surface area contributed by atoms with Gasteiger partial charge in [0.2, 0.25) is 17.6 Å². The van der Waals surface area contributed by atoms with E-state index in [9.17, 15) is 4.79 Å². The Morgan fingerprint density at radius 1 is 1.03 bits per heavy atom. The summed E-state index contributed by atoms with van der Waals surface area (Å²) in [5.41, 5.74) is 4.55. The maximum atomic E-state index is 13.9. The van der Waals surface area contributed by atoms with Crippen LogP contribution in [-0.2, 0) is 11.3 Å². The van der Waals surface area contributed by atoms with Crippen LogP contribution >= 0.6 is 0 Å². The molecule has 6 heteroatoms. The van der Waals surface area contributed by atoms with Gasteiger partial charge in [0.05, 0.1) is 5.92 Å². The molecule has 0 spiro atoms. The third kappa shape index (κ3) is 5.01. The number of hydrogen-bond acceptors (Lipinski definition) is 5. The summed E-state index contributed by atoms with van der Waals surface area (Å²) in [7, 11) is 0. The number of piperidine rings is 1. The monoisotopic (exact) mass is 458 g/mol. The van der Waals surface area contributed by atoms with E-state index in [1.54, 1.807) is 0 Å². The van der Waals surface area contributed by atoms with Crippen molar-refractivity contribution in [3.05, 3.63) is 65.5 Å². The van der Waals surface area contributed by atoms with Crippen LogP contribution in [0.4, 0.5) is 5.69 Å². The SMILES string of the molecule is Cc1ccc(N2CCC[C@@H](C(=O)N(Cc3nc(-c4cccc(C)c4)no3)C3CCCC3)C2)cc1. The second-order valence-corrected chi connectivity index (χ2v) is 9.91. The highest BCUT2D eigenvalue weighted by atomic mass is 16.5. The maximum absolute atomic E-state index is 13.9. The first-order chi connectivity index (χ1) is 16.6. The Hall–Kier alpha value is -3.15. The number of aromatic nitrogens is 2. The standard InChI is InChI=1S/C28H34N4O2/c1-20-12-14-24(15-13-20)31-16-6-9-23(18-31)28(33)32(25-10-3-4-11-25)19-26-29-27(30-34-26)22-8-5-7-21(2)17-22/h5,7-8,12-15,17,23,25H,3-4,6,9-11,16,18-19H2,1-2H3/t23-/m1/s1. The largest absolute Gasteiger partial charge is 0.371 e. The second kappa shape index (κ2) is 10.00. The van der Waals surface area contributed by atoms with Gasteiger partial charge in [0.1, 0.15) is 6.54 Å². The van der Waals surface area contributed by atoms with E-state index < -0.39 is 0 Å². The van der Waals surface area contributed by atoms with Gasteiger partial charge < -0.3 is 14.3 Å². The molecule has 178 valence electrons. The molecule has 2 fully saturated rings. The van der Waals surface area contributed by atoms with Gasteiger partial charge in [0.25, 0.3) is 0 Å². The molecule has 34 heavy (non-hydrogen) atoms. The molecule has 1 amide bonds. The van der Waals surface area contributed by atoms with Crippen LogP contribution in [0.2, 0.25) is 0 Å². The lowest BCUT2D eigenvalue weighted by molar-refractivity contribution is -0.139. The van der Waals surface area contributed by atoms with Gasteiger partial charge in [-0.05, 0) is 57.7 Å². The topological polar surface area (TPSA) is 62.5 Å². The number of hydrogen-bond donors (Lipinski definition) is 0. The fraction of sp³-hybridized carbons (Fsp3) is 0.464. The molecule has 0 bridgehead atoms. The van der Waals surface area contributed by atoms with Gasteiger partial charge in [-0.1, -0.05) is 59.5 Å². The van der Waals surface area contributed by atoms with Gasteiger partial charge in [-0.2, -0.15) is 4.98 Å². The van der Waals surface area contributed by atoms with Gasteiger partial charge in [0.15, 0.2) is 0 Å². The number of aryl methyl sites for hydroxylation is 2. The van der Waals surface area contributed by atoms with E-state index in [0.717, 1.165) is 49.9 Å². The fourth-order valence-corrected chi connectivity index (χ4v) is 5.37.